The molecule has 3 aromatic rings. The van der Waals surface area contributed by atoms with E-state index in [2.05, 4.69) is 15.3 Å². The highest BCUT2D eigenvalue weighted by molar-refractivity contribution is 6.04. The SMILES string of the molecule is COc1cc2c(cc1OCCCCC(=O)N[C@H]1C[C@H]3C=Nc4cc(OCc5ccccc5)c(OC)cc4C(=O)N3C1)N=C[C@@H]1CCCN1C2=O. The van der Waals surface area contributed by atoms with Crippen LogP contribution in [0.2, 0.25) is 0 Å². The van der Waals surface area contributed by atoms with Gasteiger partial charge in [0.2, 0.25) is 5.91 Å². The van der Waals surface area contributed by atoms with E-state index in [0.717, 1.165) is 24.9 Å². The van der Waals surface area contributed by atoms with Gasteiger partial charge in [0, 0.05) is 50.1 Å². The molecular formula is C38H41N5O7. The highest BCUT2D eigenvalue weighted by Crippen LogP contribution is 2.40. The molecule has 1 N–H and O–H groups in total. The number of carbonyl (C=O) groups is 3. The highest BCUT2D eigenvalue weighted by Gasteiger charge is 2.38. The summed E-state index contributed by atoms with van der Waals surface area (Å²) in [5, 5.41) is 3.10. The van der Waals surface area contributed by atoms with Crippen molar-refractivity contribution in [1.29, 1.82) is 0 Å². The van der Waals surface area contributed by atoms with Gasteiger partial charge in [0.25, 0.3) is 11.8 Å². The first-order valence-corrected chi connectivity index (χ1v) is 17.1. The van der Waals surface area contributed by atoms with Gasteiger partial charge >= 0.3 is 0 Å². The topological polar surface area (TPSA) is 131 Å². The van der Waals surface area contributed by atoms with Crippen molar-refractivity contribution in [3.63, 3.8) is 0 Å². The second-order valence-corrected chi connectivity index (χ2v) is 12.9. The lowest BCUT2D eigenvalue weighted by atomic mass is 10.1. The fourth-order valence-corrected chi connectivity index (χ4v) is 6.99. The van der Waals surface area contributed by atoms with Crippen LogP contribution in [-0.2, 0) is 11.4 Å². The van der Waals surface area contributed by atoms with Gasteiger partial charge in [-0.25, -0.2) is 0 Å². The van der Waals surface area contributed by atoms with Crippen LogP contribution in [-0.4, -0.2) is 92.0 Å². The molecule has 12 nitrogen and oxygen atoms in total. The van der Waals surface area contributed by atoms with Crippen molar-refractivity contribution in [3.05, 3.63) is 71.3 Å². The van der Waals surface area contributed by atoms with Gasteiger partial charge in [0.15, 0.2) is 23.0 Å². The fraction of sp³-hybridized carbons (Fsp3) is 0.395. The number of benzene rings is 3. The number of hydrogen-bond donors (Lipinski definition) is 1. The van der Waals surface area contributed by atoms with Crippen molar-refractivity contribution < 1.29 is 33.3 Å². The average Bonchev–Trinajstić information content (AvgIpc) is 3.73. The Labute approximate surface area is 291 Å². The van der Waals surface area contributed by atoms with Gasteiger partial charge in [-0.15, -0.1) is 0 Å². The molecule has 3 atom stereocenters. The van der Waals surface area contributed by atoms with E-state index in [1.807, 2.05) is 41.4 Å². The lowest BCUT2D eigenvalue weighted by molar-refractivity contribution is -0.121. The largest absolute Gasteiger partial charge is 0.493 e. The van der Waals surface area contributed by atoms with Crippen LogP contribution in [0.3, 0.4) is 0 Å². The lowest BCUT2D eigenvalue weighted by Crippen LogP contribution is -2.39. The van der Waals surface area contributed by atoms with Gasteiger partial charge in [0.05, 0.1) is 55.4 Å². The van der Waals surface area contributed by atoms with Crippen LogP contribution >= 0.6 is 0 Å². The minimum absolute atomic E-state index is 0.0282. The third kappa shape index (κ3) is 6.87. The van der Waals surface area contributed by atoms with Crippen molar-refractivity contribution in [2.45, 2.75) is 63.3 Å². The number of nitrogens with one attached hydrogen (secondary N) is 1. The maximum Gasteiger partial charge on any atom is 0.256 e. The minimum atomic E-state index is -0.236. The van der Waals surface area contributed by atoms with Crippen molar-refractivity contribution in [3.8, 4) is 23.0 Å². The molecular weight excluding hydrogens is 638 g/mol. The molecule has 0 radical (unpaired) electrons. The maximum atomic E-state index is 13.7. The number of unbranched alkanes of at least 4 members (excludes halogenated alkanes) is 1. The molecule has 4 aliphatic rings. The first kappa shape index (κ1) is 33.1. The Balaban J connectivity index is 0.896. The molecule has 2 saturated heterocycles. The van der Waals surface area contributed by atoms with Crippen molar-refractivity contribution >= 4 is 41.5 Å². The summed E-state index contributed by atoms with van der Waals surface area (Å²) < 4.78 is 23.2. The number of hydrogen-bond acceptors (Lipinski definition) is 9. The Morgan fingerprint density at radius 3 is 2.18 bits per heavy atom. The first-order chi connectivity index (χ1) is 24.4. The summed E-state index contributed by atoms with van der Waals surface area (Å²) >= 11 is 0. The van der Waals surface area contributed by atoms with Crippen LogP contribution in [0.15, 0.2) is 64.6 Å². The van der Waals surface area contributed by atoms with E-state index in [0.29, 0.717) is 90.9 Å². The Kier molecular flexibility index (Phi) is 9.68. The van der Waals surface area contributed by atoms with Crippen LogP contribution in [0.25, 0.3) is 0 Å². The van der Waals surface area contributed by atoms with E-state index >= 15 is 0 Å². The molecule has 0 aromatic heterocycles. The summed E-state index contributed by atoms with van der Waals surface area (Å²) in [7, 11) is 3.09. The fourth-order valence-electron chi connectivity index (χ4n) is 6.99. The molecule has 4 heterocycles. The smallest absolute Gasteiger partial charge is 0.256 e. The summed E-state index contributed by atoms with van der Waals surface area (Å²) in [5.74, 6) is 1.70. The molecule has 0 saturated carbocycles. The van der Waals surface area contributed by atoms with Crippen molar-refractivity contribution in [1.82, 2.24) is 15.1 Å². The number of nitrogens with zero attached hydrogens (tertiary/aromatic N) is 4. The first-order valence-electron chi connectivity index (χ1n) is 17.1. The Bertz CT molecular complexity index is 1830. The van der Waals surface area contributed by atoms with E-state index < -0.39 is 0 Å². The number of ether oxygens (including phenoxy) is 4. The quantitative estimate of drug-likeness (QED) is 0.258. The van der Waals surface area contributed by atoms with Gasteiger partial charge in [0.1, 0.15) is 6.61 Å². The van der Waals surface area contributed by atoms with E-state index in [1.54, 1.807) is 49.6 Å². The predicted octanol–water partition coefficient (Wildman–Crippen LogP) is 5.27. The molecule has 0 unspecified atom stereocenters. The average molecular weight is 680 g/mol. The summed E-state index contributed by atoms with van der Waals surface area (Å²) in [5.41, 5.74) is 3.07. The normalized spacial score (nSPS) is 20.3. The highest BCUT2D eigenvalue weighted by atomic mass is 16.5. The van der Waals surface area contributed by atoms with Gasteiger partial charge in [-0.05, 0) is 49.8 Å². The molecule has 50 heavy (non-hydrogen) atoms. The zero-order valence-corrected chi connectivity index (χ0v) is 28.3. The zero-order valence-electron chi connectivity index (χ0n) is 28.3. The standard InChI is InChI=1S/C38H41N5O7/c1-47-32-16-28-30(39-20-26-11-8-13-42(26)37(28)45)18-34(32)49-14-7-6-12-36(44)41-25-15-27-21-40-31-19-35(50-23-24-9-4-3-5-10-24)33(48-2)17-29(31)38(46)43(27)22-25/h3-5,9-10,16-21,25-27H,6-8,11-15,22-23H2,1-2H3,(H,41,44)/t25-,26-,27-/m0/s1. The molecule has 3 aromatic carbocycles. The molecule has 4 aliphatic heterocycles. The summed E-state index contributed by atoms with van der Waals surface area (Å²) in [4.78, 5) is 52.5. The van der Waals surface area contributed by atoms with Crippen molar-refractivity contribution in [2.24, 2.45) is 9.98 Å². The Hall–Kier alpha value is -5.39. The number of methoxy groups -OCH3 is 2. The number of rotatable bonds is 12. The van der Waals surface area contributed by atoms with E-state index in [-0.39, 0.29) is 35.8 Å². The van der Waals surface area contributed by atoms with Gasteiger partial charge in [-0.2, -0.15) is 0 Å². The molecule has 0 spiro atoms. The van der Waals surface area contributed by atoms with E-state index in [4.69, 9.17) is 18.9 Å². The van der Waals surface area contributed by atoms with Crippen LogP contribution in [0.5, 0.6) is 23.0 Å². The summed E-state index contributed by atoms with van der Waals surface area (Å²) in [6.45, 7) is 1.85. The third-order valence-electron chi connectivity index (χ3n) is 9.62. The zero-order chi connectivity index (χ0) is 34.6. The van der Waals surface area contributed by atoms with Gasteiger partial charge in [-0.3, -0.25) is 24.4 Å². The Morgan fingerprint density at radius 1 is 0.820 bits per heavy atom. The van der Waals surface area contributed by atoms with Crippen LogP contribution in [0.4, 0.5) is 11.4 Å². The number of fused-ring (bicyclic) bond motifs is 4. The summed E-state index contributed by atoms with van der Waals surface area (Å²) in [6, 6.07) is 16.3. The van der Waals surface area contributed by atoms with Crippen LogP contribution < -0.4 is 24.3 Å². The number of aliphatic imine (C=N–C) groups is 2. The molecule has 7 rings (SSSR count). The second-order valence-electron chi connectivity index (χ2n) is 12.9. The molecule has 2 fully saturated rings. The third-order valence-corrected chi connectivity index (χ3v) is 9.62. The minimum Gasteiger partial charge on any atom is -0.493 e. The van der Waals surface area contributed by atoms with Crippen LogP contribution in [0, 0.1) is 0 Å². The van der Waals surface area contributed by atoms with Crippen LogP contribution in [0.1, 0.15) is 64.8 Å². The molecule has 0 bridgehead atoms. The van der Waals surface area contributed by atoms with E-state index in [9.17, 15) is 14.4 Å². The molecule has 0 aliphatic carbocycles. The lowest BCUT2D eigenvalue weighted by Gasteiger charge is -2.21. The Morgan fingerprint density at radius 2 is 1.48 bits per heavy atom. The summed E-state index contributed by atoms with van der Waals surface area (Å²) in [6.07, 6.45) is 7.69. The molecule has 3 amide bonds. The van der Waals surface area contributed by atoms with E-state index in [1.165, 1.54) is 0 Å². The number of carbonyl (C=O) groups excluding carboxylic acids is 3. The number of amides is 3. The second kappa shape index (κ2) is 14.6. The van der Waals surface area contributed by atoms with Gasteiger partial charge < -0.3 is 34.1 Å². The monoisotopic (exact) mass is 679 g/mol. The maximum absolute atomic E-state index is 13.7. The van der Waals surface area contributed by atoms with Crippen molar-refractivity contribution in [2.75, 3.05) is 33.9 Å². The predicted molar refractivity (Wildman–Crippen MR) is 188 cm³/mol. The van der Waals surface area contributed by atoms with Gasteiger partial charge in [-0.1, -0.05) is 30.3 Å². The molecule has 12 heteroatoms. The molecule has 260 valence electrons.